The smallest absolute Gasteiger partial charge is 0.193 e. The molecular formula is C25H34OS2. The van der Waals surface area contributed by atoms with Gasteiger partial charge in [0, 0.05) is 16.2 Å². The molecular weight excluding hydrogens is 380 g/mol. The molecule has 1 nitrogen and oxygen atoms in total. The zero-order valence-corrected chi connectivity index (χ0v) is 19.0. The van der Waals surface area contributed by atoms with Gasteiger partial charge in [0.1, 0.15) is 0 Å². The van der Waals surface area contributed by atoms with Gasteiger partial charge in [-0.2, -0.15) is 0 Å². The van der Waals surface area contributed by atoms with E-state index in [1.165, 1.54) is 78.5 Å². The lowest BCUT2D eigenvalue weighted by Gasteiger charge is -2.06. The first kappa shape index (κ1) is 23.1. The van der Waals surface area contributed by atoms with Crippen LogP contribution in [-0.4, -0.2) is 10.9 Å². The predicted octanol–water partition coefficient (Wildman–Crippen LogP) is 8.62. The van der Waals surface area contributed by atoms with Gasteiger partial charge >= 0.3 is 0 Å². The molecule has 0 amide bonds. The Morgan fingerprint density at radius 2 is 1.21 bits per heavy atom. The molecule has 0 fully saturated rings. The Kier molecular flexibility index (Phi) is 11.5. The van der Waals surface area contributed by atoms with Crippen molar-refractivity contribution in [3.63, 3.8) is 0 Å². The largest absolute Gasteiger partial charge is 0.287 e. The van der Waals surface area contributed by atoms with Crippen LogP contribution in [0, 0.1) is 0 Å². The summed E-state index contributed by atoms with van der Waals surface area (Å²) < 4.78 is 0. The fourth-order valence-corrected chi connectivity index (χ4v) is 4.75. The van der Waals surface area contributed by atoms with Crippen LogP contribution in [0.4, 0.5) is 0 Å². The van der Waals surface area contributed by atoms with Crippen LogP contribution in [0.5, 0.6) is 0 Å². The molecule has 2 rings (SSSR count). The van der Waals surface area contributed by atoms with Gasteiger partial charge < -0.3 is 0 Å². The minimum Gasteiger partial charge on any atom is -0.287 e. The minimum absolute atomic E-state index is 0.286. The standard InChI is InChI=1S/C25H34OS2/c1-3-5-7-8-9-11-25(26)28-24-18-14-22(15-19-24)21-12-16-23(17-13-21)27-20-10-6-4-2/h12-19H,3-11,20H2,1-2H3. The Morgan fingerprint density at radius 3 is 1.82 bits per heavy atom. The SMILES string of the molecule is CCCCCCCC(=O)Sc1ccc(-c2ccc(SCCCCC)cc2)cc1. The third kappa shape index (κ3) is 8.87. The van der Waals surface area contributed by atoms with Gasteiger partial charge in [0.05, 0.1) is 0 Å². The van der Waals surface area contributed by atoms with E-state index in [0.717, 1.165) is 11.3 Å². The highest BCUT2D eigenvalue weighted by molar-refractivity contribution is 8.13. The first-order chi connectivity index (χ1) is 13.7. The quantitative estimate of drug-likeness (QED) is 0.241. The molecule has 3 heteroatoms. The fraction of sp³-hybridized carbons (Fsp3) is 0.480. The molecule has 0 aliphatic carbocycles. The number of thioether (sulfide) groups is 2. The minimum atomic E-state index is 0.286. The molecule has 0 saturated carbocycles. The maximum atomic E-state index is 12.1. The van der Waals surface area contributed by atoms with Crippen molar-refractivity contribution in [2.45, 2.75) is 81.4 Å². The van der Waals surface area contributed by atoms with E-state index >= 15 is 0 Å². The summed E-state index contributed by atoms with van der Waals surface area (Å²) in [4.78, 5) is 14.5. The average molecular weight is 415 g/mol. The molecule has 28 heavy (non-hydrogen) atoms. The molecule has 2 aromatic rings. The highest BCUT2D eigenvalue weighted by Crippen LogP contribution is 2.28. The first-order valence-electron chi connectivity index (χ1n) is 10.8. The molecule has 0 radical (unpaired) electrons. The summed E-state index contributed by atoms with van der Waals surface area (Å²) in [7, 11) is 0. The zero-order valence-electron chi connectivity index (χ0n) is 17.4. The van der Waals surface area contributed by atoms with Gasteiger partial charge in [-0.05, 0) is 54.0 Å². The number of unbranched alkanes of at least 4 members (excludes halogenated alkanes) is 6. The van der Waals surface area contributed by atoms with Crippen LogP contribution in [-0.2, 0) is 4.79 Å². The number of benzene rings is 2. The molecule has 0 aromatic heterocycles. The van der Waals surface area contributed by atoms with E-state index in [9.17, 15) is 4.79 Å². The Balaban J connectivity index is 1.79. The summed E-state index contributed by atoms with van der Waals surface area (Å²) in [5.74, 6) is 1.20. The van der Waals surface area contributed by atoms with Crippen molar-refractivity contribution in [2.75, 3.05) is 5.75 Å². The molecule has 0 spiro atoms. The lowest BCUT2D eigenvalue weighted by Crippen LogP contribution is -1.91. The predicted molar refractivity (Wildman–Crippen MR) is 126 cm³/mol. The molecule has 0 bridgehead atoms. The van der Waals surface area contributed by atoms with Crippen molar-refractivity contribution in [1.29, 1.82) is 0 Å². The van der Waals surface area contributed by atoms with Crippen molar-refractivity contribution in [2.24, 2.45) is 0 Å². The molecule has 152 valence electrons. The molecule has 2 aromatic carbocycles. The molecule has 0 N–H and O–H groups in total. The Morgan fingerprint density at radius 1 is 0.679 bits per heavy atom. The topological polar surface area (TPSA) is 17.1 Å². The van der Waals surface area contributed by atoms with Crippen LogP contribution in [0.1, 0.15) is 71.6 Å². The highest BCUT2D eigenvalue weighted by atomic mass is 32.2. The van der Waals surface area contributed by atoms with Crippen molar-refractivity contribution < 1.29 is 4.79 Å². The van der Waals surface area contributed by atoms with Gasteiger partial charge in [-0.15, -0.1) is 11.8 Å². The van der Waals surface area contributed by atoms with E-state index in [0.29, 0.717) is 6.42 Å². The second kappa shape index (κ2) is 13.9. The Labute approximate surface area is 180 Å². The van der Waals surface area contributed by atoms with E-state index < -0.39 is 0 Å². The third-order valence-electron chi connectivity index (χ3n) is 4.77. The monoisotopic (exact) mass is 414 g/mol. The summed E-state index contributed by atoms with van der Waals surface area (Å²) in [5.41, 5.74) is 2.44. The van der Waals surface area contributed by atoms with Gasteiger partial charge in [0.2, 0.25) is 0 Å². The average Bonchev–Trinajstić information content (AvgIpc) is 2.72. The number of carbonyl (C=O) groups excluding carboxylic acids is 1. The van der Waals surface area contributed by atoms with E-state index in [1.807, 2.05) is 11.8 Å². The van der Waals surface area contributed by atoms with Crippen LogP contribution >= 0.6 is 23.5 Å². The molecule has 0 unspecified atom stereocenters. The summed E-state index contributed by atoms with van der Waals surface area (Å²) in [6.07, 6.45) is 10.5. The van der Waals surface area contributed by atoms with E-state index in [-0.39, 0.29) is 5.12 Å². The number of hydrogen-bond donors (Lipinski definition) is 0. The van der Waals surface area contributed by atoms with Gasteiger partial charge in [-0.3, -0.25) is 4.79 Å². The van der Waals surface area contributed by atoms with Gasteiger partial charge in [0.15, 0.2) is 5.12 Å². The lowest BCUT2D eigenvalue weighted by atomic mass is 10.1. The summed E-state index contributed by atoms with van der Waals surface area (Å²) in [6.45, 7) is 4.46. The summed E-state index contributed by atoms with van der Waals surface area (Å²) in [6, 6.07) is 17.2. The van der Waals surface area contributed by atoms with E-state index in [4.69, 9.17) is 0 Å². The van der Waals surface area contributed by atoms with Crippen LogP contribution in [0.15, 0.2) is 58.3 Å². The lowest BCUT2D eigenvalue weighted by molar-refractivity contribution is -0.111. The molecule has 0 atom stereocenters. The second-order valence-electron chi connectivity index (χ2n) is 7.24. The van der Waals surface area contributed by atoms with Crippen LogP contribution in [0.2, 0.25) is 0 Å². The normalized spacial score (nSPS) is 10.9. The molecule has 0 saturated heterocycles. The molecule has 0 aliphatic heterocycles. The first-order valence-corrected chi connectivity index (χ1v) is 12.6. The van der Waals surface area contributed by atoms with Crippen molar-refractivity contribution in [1.82, 2.24) is 0 Å². The fourth-order valence-electron chi connectivity index (χ4n) is 3.06. The summed E-state index contributed by atoms with van der Waals surface area (Å²) >= 11 is 3.33. The third-order valence-corrected chi connectivity index (χ3v) is 6.81. The number of carbonyl (C=O) groups is 1. The van der Waals surface area contributed by atoms with Crippen LogP contribution in [0.25, 0.3) is 11.1 Å². The van der Waals surface area contributed by atoms with Crippen LogP contribution < -0.4 is 0 Å². The van der Waals surface area contributed by atoms with Gasteiger partial charge in [-0.25, -0.2) is 0 Å². The molecule has 0 aliphatic rings. The van der Waals surface area contributed by atoms with E-state index in [1.54, 1.807) is 0 Å². The van der Waals surface area contributed by atoms with Gasteiger partial charge in [0.25, 0.3) is 0 Å². The van der Waals surface area contributed by atoms with Gasteiger partial charge in [-0.1, -0.05) is 88.4 Å². The summed E-state index contributed by atoms with van der Waals surface area (Å²) in [5, 5.41) is 0.286. The maximum Gasteiger partial charge on any atom is 0.193 e. The number of rotatable bonds is 13. The Hall–Kier alpha value is -1.19. The maximum absolute atomic E-state index is 12.1. The van der Waals surface area contributed by atoms with Crippen LogP contribution in [0.3, 0.4) is 0 Å². The number of hydrogen-bond acceptors (Lipinski definition) is 3. The highest BCUT2D eigenvalue weighted by Gasteiger charge is 2.06. The molecule has 0 heterocycles. The van der Waals surface area contributed by atoms with Crippen molar-refractivity contribution >= 4 is 28.6 Å². The zero-order chi connectivity index (χ0) is 20.0. The van der Waals surface area contributed by atoms with Crippen molar-refractivity contribution in [3.8, 4) is 11.1 Å². The Bertz CT molecular complexity index is 677. The van der Waals surface area contributed by atoms with E-state index in [2.05, 4.69) is 62.4 Å². The second-order valence-corrected chi connectivity index (χ2v) is 9.54. The van der Waals surface area contributed by atoms with Crippen molar-refractivity contribution in [3.05, 3.63) is 48.5 Å².